The van der Waals surface area contributed by atoms with Crippen molar-refractivity contribution in [2.24, 2.45) is 23.2 Å². The van der Waals surface area contributed by atoms with Gasteiger partial charge in [-0.2, -0.15) is 0 Å². The van der Waals surface area contributed by atoms with Gasteiger partial charge in [-0.15, -0.1) is 0 Å². The van der Waals surface area contributed by atoms with E-state index in [0.29, 0.717) is 12.8 Å². The summed E-state index contributed by atoms with van der Waals surface area (Å²) in [6, 6.07) is 26.4. The van der Waals surface area contributed by atoms with E-state index in [1.54, 1.807) is 6.92 Å². The van der Waals surface area contributed by atoms with Crippen LogP contribution in [-0.2, 0) is 48.1 Å². The zero-order valence-corrected chi connectivity index (χ0v) is 31.1. The molecule has 3 fully saturated rings. The largest absolute Gasteiger partial charge is 0.371 e. The molecule has 4 N–H and O–H groups in total. The molecule has 4 amide bonds. The number of rotatable bonds is 8. The molecule has 3 aromatic rings. The number of carbonyl (C=O) groups is 4. The van der Waals surface area contributed by atoms with Crippen molar-refractivity contribution in [1.29, 1.82) is 0 Å². The van der Waals surface area contributed by atoms with E-state index >= 15 is 4.79 Å². The van der Waals surface area contributed by atoms with Crippen LogP contribution < -0.4 is 21.3 Å². The van der Waals surface area contributed by atoms with Crippen molar-refractivity contribution in [2.75, 3.05) is 6.54 Å². The third kappa shape index (κ3) is 7.24. The Morgan fingerprint density at radius 3 is 2.04 bits per heavy atom. The van der Waals surface area contributed by atoms with Crippen molar-refractivity contribution >= 4 is 23.6 Å². The molecular formula is C44H50N4O6. The summed E-state index contributed by atoms with van der Waals surface area (Å²) in [6.07, 6.45) is 7.80. The molecular weight excluding hydrogens is 681 g/mol. The number of fused-ring (bicyclic) bond motifs is 2. The SMILES string of the molecule is C[C@@H](OCc1ccccc1)C1NC(=O)[C@@]23C(=O)N[C@@H](Cc4ccccc4)C2[C@H](C)[C@@]2(C)O[C@H]2C3/C=C/C/C=C\CNC(=O)[C@H](Cc2ccccc2)NC1=O. The zero-order chi connectivity index (χ0) is 37.9. The van der Waals surface area contributed by atoms with Gasteiger partial charge in [0.2, 0.25) is 23.6 Å². The number of hydrogen-bond donors (Lipinski definition) is 4. The summed E-state index contributed by atoms with van der Waals surface area (Å²) in [6.45, 7) is 6.33. The quantitative estimate of drug-likeness (QED) is 0.156. The fraction of sp³-hybridized carbons (Fsp3) is 0.409. The minimum Gasteiger partial charge on any atom is -0.371 e. The number of benzene rings is 3. The molecule has 0 aromatic heterocycles. The maximum Gasteiger partial charge on any atom is 0.245 e. The Hall–Kier alpha value is -5.06. The van der Waals surface area contributed by atoms with Gasteiger partial charge in [0, 0.05) is 30.8 Å². The second-order valence-electron chi connectivity index (χ2n) is 15.3. The summed E-state index contributed by atoms with van der Waals surface area (Å²) < 4.78 is 12.8. The number of carbonyl (C=O) groups excluding carboxylic acids is 4. The molecule has 2 saturated heterocycles. The highest BCUT2D eigenvalue weighted by atomic mass is 16.6. The van der Waals surface area contributed by atoms with Gasteiger partial charge in [0.25, 0.3) is 0 Å². The molecule has 0 radical (unpaired) electrons. The molecule has 4 aliphatic rings. The summed E-state index contributed by atoms with van der Waals surface area (Å²) in [4.78, 5) is 58.2. The summed E-state index contributed by atoms with van der Waals surface area (Å²) in [7, 11) is 0. The minimum atomic E-state index is -1.59. The van der Waals surface area contributed by atoms with E-state index in [0.717, 1.165) is 16.7 Å². The molecule has 3 unspecified atom stereocenters. The molecule has 1 saturated carbocycles. The van der Waals surface area contributed by atoms with Crippen molar-refractivity contribution < 1.29 is 28.7 Å². The summed E-state index contributed by atoms with van der Waals surface area (Å²) in [5.41, 5.74) is 0.689. The molecule has 3 heterocycles. The Bertz CT molecular complexity index is 1890. The summed E-state index contributed by atoms with van der Waals surface area (Å²) in [5.74, 6) is -3.10. The van der Waals surface area contributed by atoms with Gasteiger partial charge >= 0.3 is 0 Å². The van der Waals surface area contributed by atoms with Gasteiger partial charge in [0.15, 0.2) is 0 Å². The van der Waals surface area contributed by atoms with Gasteiger partial charge < -0.3 is 30.7 Å². The lowest BCUT2D eigenvalue weighted by atomic mass is 9.52. The number of epoxide rings is 1. The smallest absolute Gasteiger partial charge is 0.245 e. The van der Waals surface area contributed by atoms with E-state index in [9.17, 15) is 14.4 Å². The van der Waals surface area contributed by atoms with Gasteiger partial charge in [-0.05, 0) is 49.3 Å². The van der Waals surface area contributed by atoms with Crippen LogP contribution in [0.15, 0.2) is 115 Å². The molecule has 0 bridgehead atoms. The van der Waals surface area contributed by atoms with E-state index < -0.39 is 52.9 Å². The molecule has 10 heteroatoms. The van der Waals surface area contributed by atoms with Crippen LogP contribution in [0, 0.1) is 23.2 Å². The van der Waals surface area contributed by atoms with Gasteiger partial charge in [-0.3, -0.25) is 19.2 Å². The van der Waals surface area contributed by atoms with Crippen molar-refractivity contribution in [2.45, 2.75) is 82.6 Å². The summed E-state index contributed by atoms with van der Waals surface area (Å²) >= 11 is 0. The predicted octanol–water partition coefficient (Wildman–Crippen LogP) is 4.20. The first-order chi connectivity index (χ1) is 26.1. The zero-order valence-electron chi connectivity index (χ0n) is 31.1. The third-order valence-electron chi connectivity index (χ3n) is 12.0. The maximum absolute atomic E-state index is 15.3. The average Bonchev–Trinajstić information content (AvgIpc) is 3.80. The second-order valence-corrected chi connectivity index (χ2v) is 15.3. The van der Waals surface area contributed by atoms with Crippen LogP contribution in [0.25, 0.3) is 0 Å². The van der Waals surface area contributed by atoms with Crippen LogP contribution in [0.4, 0.5) is 0 Å². The highest BCUT2D eigenvalue weighted by Gasteiger charge is 2.79. The van der Waals surface area contributed by atoms with E-state index in [1.807, 2.05) is 115 Å². The monoisotopic (exact) mass is 730 g/mol. The van der Waals surface area contributed by atoms with E-state index in [4.69, 9.17) is 9.47 Å². The first-order valence-corrected chi connectivity index (χ1v) is 19.1. The van der Waals surface area contributed by atoms with E-state index in [2.05, 4.69) is 35.1 Å². The Morgan fingerprint density at radius 2 is 1.37 bits per heavy atom. The minimum absolute atomic E-state index is 0.172. The van der Waals surface area contributed by atoms with Crippen molar-refractivity contribution in [3.8, 4) is 0 Å². The van der Waals surface area contributed by atoms with Crippen LogP contribution in [-0.4, -0.2) is 66.1 Å². The molecule has 10 nitrogen and oxygen atoms in total. The highest BCUT2D eigenvalue weighted by molar-refractivity contribution is 6.09. The van der Waals surface area contributed by atoms with Gasteiger partial charge in [0.05, 0.1) is 24.4 Å². The van der Waals surface area contributed by atoms with Gasteiger partial charge in [-0.25, -0.2) is 0 Å². The molecule has 282 valence electrons. The normalized spacial score (nSPS) is 34.1. The lowest BCUT2D eigenvalue weighted by Gasteiger charge is -2.46. The molecule has 3 aromatic carbocycles. The van der Waals surface area contributed by atoms with E-state index in [1.165, 1.54) is 0 Å². The van der Waals surface area contributed by atoms with E-state index in [-0.39, 0.29) is 49.5 Å². The summed E-state index contributed by atoms with van der Waals surface area (Å²) in [5, 5.41) is 12.2. The van der Waals surface area contributed by atoms with Crippen LogP contribution in [0.1, 0.15) is 43.9 Å². The molecule has 7 rings (SSSR count). The Balaban J connectivity index is 1.28. The first kappa shape index (κ1) is 37.3. The highest BCUT2D eigenvalue weighted by Crippen LogP contribution is 2.65. The van der Waals surface area contributed by atoms with Crippen LogP contribution in [0.5, 0.6) is 0 Å². The number of hydrogen-bond acceptors (Lipinski definition) is 6. The molecule has 54 heavy (non-hydrogen) atoms. The molecule has 1 aliphatic carbocycles. The Labute approximate surface area is 317 Å². The van der Waals surface area contributed by atoms with Crippen LogP contribution in [0.2, 0.25) is 0 Å². The van der Waals surface area contributed by atoms with Crippen molar-refractivity contribution in [3.05, 3.63) is 132 Å². The topological polar surface area (TPSA) is 138 Å². The number of allylic oxidation sites excluding steroid dienone is 2. The standard InChI is InChI=1S/C44H50N4O6/c1-28-36-34(25-30-17-9-6-10-18-30)47-41(51)44(36)33(38-43(28,3)54-38)23-15-4-5-16-24-45-39(49)35(26-31-19-11-7-12-20-31)46-40(50)37(48-42(44)52)29(2)53-27-32-21-13-8-14-22-32/h5-23,28-29,33-38H,4,24-27H2,1-3H3,(H,45,49)(H,46,50)(H,47,51)(H,48,52)/b16-5-,23-15+/t28-,29+,33?,34-,35-,36?,37?,38-,43+,44+/m0/s1. The van der Waals surface area contributed by atoms with Crippen LogP contribution in [0.3, 0.4) is 0 Å². The lowest BCUT2D eigenvalue weighted by molar-refractivity contribution is -0.153. The van der Waals surface area contributed by atoms with Gasteiger partial charge in [-0.1, -0.05) is 122 Å². The second kappa shape index (κ2) is 15.7. The number of nitrogens with one attached hydrogen (secondary N) is 4. The lowest BCUT2D eigenvalue weighted by Crippen LogP contribution is -2.65. The number of ether oxygens (including phenoxy) is 2. The molecule has 3 aliphatic heterocycles. The van der Waals surface area contributed by atoms with Crippen LogP contribution >= 0.6 is 0 Å². The number of amides is 4. The van der Waals surface area contributed by atoms with Crippen molar-refractivity contribution in [3.63, 3.8) is 0 Å². The fourth-order valence-electron chi connectivity index (χ4n) is 8.94. The van der Waals surface area contributed by atoms with Gasteiger partial charge in [0.1, 0.15) is 17.5 Å². The predicted molar refractivity (Wildman–Crippen MR) is 205 cm³/mol. The maximum atomic E-state index is 15.3. The average molecular weight is 731 g/mol. The first-order valence-electron chi connectivity index (χ1n) is 19.1. The molecule has 1 spiro atoms. The Kier molecular flexibility index (Phi) is 10.9. The fourth-order valence-corrected chi connectivity index (χ4v) is 8.94. The molecule has 10 atom stereocenters. The third-order valence-corrected chi connectivity index (χ3v) is 12.0. The van der Waals surface area contributed by atoms with Crippen molar-refractivity contribution in [1.82, 2.24) is 21.3 Å². The Morgan fingerprint density at radius 1 is 0.759 bits per heavy atom.